The molecule has 0 aliphatic carbocycles. The van der Waals surface area contributed by atoms with Gasteiger partial charge in [0.1, 0.15) is 0 Å². The number of alkyl halides is 1. The third-order valence-electron chi connectivity index (χ3n) is 8.49. The normalized spacial score (nSPS) is 14.1. The van der Waals surface area contributed by atoms with Gasteiger partial charge in [0, 0.05) is 4.87 Å². The van der Waals surface area contributed by atoms with Gasteiger partial charge in [0.25, 0.3) is 0 Å². The van der Waals surface area contributed by atoms with E-state index in [-0.39, 0.29) is 11.0 Å². The SMILES string of the molecule is CCCCCCCCCCCCCCC(CCCCCCCCCCCC)C(Cl)(CC)C(C)C.N. The van der Waals surface area contributed by atoms with Crippen LogP contribution in [-0.2, 0) is 0 Å². The third-order valence-corrected chi connectivity index (χ3v) is 9.50. The maximum absolute atomic E-state index is 7.29. The number of hydrogen-bond donors (Lipinski definition) is 1. The second-order valence-electron chi connectivity index (χ2n) is 11.8. The molecule has 1 nitrogen and oxygen atoms in total. The molecule has 3 N–H and O–H groups in total. The van der Waals surface area contributed by atoms with E-state index in [1.165, 1.54) is 154 Å². The lowest BCUT2D eigenvalue weighted by Crippen LogP contribution is -2.37. The third kappa shape index (κ3) is 20.9. The van der Waals surface area contributed by atoms with E-state index in [4.69, 9.17) is 11.6 Å². The van der Waals surface area contributed by atoms with E-state index in [2.05, 4.69) is 34.6 Å². The molecule has 0 amide bonds. The molecular weight excluding hydrogens is 446 g/mol. The molecule has 0 aromatic rings. The number of halogens is 1. The highest BCUT2D eigenvalue weighted by molar-refractivity contribution is 6.24. The average molecular weight is 516 g/mol. The van der Waals surface area contributed by atoms with E-state index in [0.29, 0.717) is 11.8 Å². The summed E-state index contributed by atoms with van der Waals surface area (Å²) in [7, 11) is 0. The smallest absolute Gasteiger partial charge is 0.0495 e. The Morgan fingerprint density at radius 1 is 0.457 bits per heavy atom. The van der Waals surface area contributed by atoms with E-state index < -0.39 is 0 Å². The van der Waals surface area contributed by atoms with Crippen molar-refractivity contribution < 1.29 is 0 Å². The second-order valence-corrected chi connectivity index (χ2v) is 12.5. The van der Waals surface area contributed by atoms with E-state index in [9.17, 15) is 0 Å². The monoisotopic (exact) mass is 516 g/mol. The maximum Gasteiger partial charge on any atom is 0.0495 e. The summed E-state index contributed by atoms with van der Waals surface area (Å²) in [5.74, 6) is 1.28. The Bertz CT molecular complexity index is 397. The van der Waals surface area contributed by atoms with Crippen LogP contribution in [0.25, 0.3) is 0 Å². The first kappa shape index (κ1) is 37.4. The highest BCUT2D eigenvalue weighted by Gasteiger charge is 2.37. The molecule has 0 fully saturated rings. The standard InChI is InChI=1S/C33H67Cl.H3N/c1-6-9-11-13-15-17-19-20-22-24-26-28-30-32(33(34,8-3)31(4)5)29-27-25-23-21-18-16-14-12-10-7-2;/h31-32H,6-30H2,1-5H3;1H3. The first-order valence-electron chi connectivity index (χ1n) is 16.2. The first-order chi connectivity index (χ1) is 16.5. The van der Waals surface area contributed by atoms with Crippen LogP contribution in [0.3, 0.4) is 0 Å². The first-order valence-corrected chi connectivity index (χ1v) is 16.6. The van der Waals surface area contributed by atoms with Crippen molar-refractivity contribution in [3.63, 3.8) is 0 Å². The molecule has 35 heavy (non-hydrogen) atoms. The second kappa shape index (κ2) is 27.3. The lowest BCUT2D eigenvalue weighted by Gasteiger charge is -2.39. The van der Waals surface area contributed by atoms with Gasteiger partial charge in [-0.25, -0.2) is 0 Å². The van der Waals surface area contributed by atoms with E-state index >= 15 is 0 Å². The molecule has 0 spiro atoms. The van der Waals surface area contributed by atoms with Gasteiger partial charge in [0.15, 0.2) is 0 Å². The highest BCUT2D eigenvalue weighted by atomic mass is 35.5. The van der Waals surface area contributed by atoms with Crippen LogP contribution < -0.4 is 6.15 Å². The Labute approximate surface area is 229 Å². The predicted molar refractivity (Wildman–Crippen MR) is 164 cm³/mol. The zero-order chi connectivity index (χ0) is 25.3. The van der Waals surface area contributed by atoms with Gasteiger partial charge in [-0.1, -0.05) is 176 Å². The molecule has 0 saturated heterocycles. The van der Waals surface area contributed by atoms with Crippen molar-refractivity contribution in [2.24, 2.45) is 11.8 Å². The van der Waals surface area contributed by atoms with Crippen LogP contribution in [0.1, 0.15) is 195 Å². The minimum Gasteiger partial charge on any atom is -0.344 e. The minimum atomic E-state index is 0. The minimum absolute atomic E-state index is 0. The molecule has 0 aliphatic heterocycles. The van der Waals surface area contributed by atoms with Crippen LogP contribution in [0.4, 0.5) is 0 Å². The molecule has 0 radical (unpaired) electrons. The molecule has 2 atom stereocenters. The highest BCUT2D eigenvalue weighted by Crippen LogP contribution is 2.42. The van der Waals surface area contributed by atoms with Crippen LogP contribution >= 0.6 is 11.6 Å². The zero-order valence-electron chi connectivity index (χ0n) is 25.4. The fraction of sp³-hybridized carbons (Fsp3) is 1.00. The molecule has 214 valence electrons. The van der Waals surface area contributed by atoms with Gasteiger partial charge >= 0.3 is 0 Å². The summed E-state index contributed by atoms with van der Waals surface area (Å²) in [5.41, 5.74) is 0. The Morgan fingerprint density at radius 3 is 0.943 bits per heavy atom. The van der Waals surface area contributed by atoms with Gasteiger partial charge in [-0.15, -0.1) is 11.6 Å². The molecule has 0 aliphatic rings. The molecule has 2 heteroatoms. The van der Waals surface area contributed by atoms with Crippen molar-refractivity contribution in [2.45, 2.75) is 200 Å². The van der Waals surface area contributed by atoms with Gasteiger partial charge in [-0.2, -0.15) is 0 Å². The summed E-state index contributed by atoms with van der Waals surface area (Å²) in [6.07, 6.45) is 35.3. The van der Waals surface area contributed by atoms with Crippen LogP contribution in [0.2, 0.25) is 0 Å². The largest absolute Gasteiger partial charge is 0.344 e. The molecule has 0 bridgehead atoms. The van der Waals surface area contributed by atoms with Crippen LogP contribution in [0.15, 0.2) is 0 Å². The molecule has 0 saturated carbocycles. The Balaban J connectivity index is 0. The van der Waals surface area contributed by atoms with Gasteiger partial charge in [-0.05, 0) is 31.1 Å². The summed E-state index contributed by atoms with van der Waals surface area (Å²) < 4.78 is 0. The van der Waals surface area contributed by atoms with E-state index in [1.807, 2.05) is 0 Å². The van der Waals surface area contributed by atoms with Crippen molar-refractivity contribution in [3.8, 4) is 0 Å². The lowest BCUT2D eigenvalue weighted by molar-refractivity contribution is 0.239. The van der Waals surface area contributed by atoms with Crippen molar-refractivity contribution in [1.82, 2.24) is 6.15 Å². The van der Waals surface area contributed by atoms with Crippen molar-refractivity contribution in [1.29, 1.82) is 0 Å². The maximum atomic E-state index is 7.29. The number of hydrogen-bond acceptors (Lipinski definition) is 1. The lowest BCUT2D eigenvalue weighted by atomic mass is 9.75. The number of rotatable bonds is 27. The molecule has 0 heterocycles. The van der Waals surface area contributed by atoms with E-state index in [0.717, 1.165) is 6.42 Å². The fourth-order valence-corrected chi connectivity index (χ4v) is 6.12. The molecule has 0 rings (SSSR count). The zero-order valence-corrected chi connectivity index (χ0v) is 26.2. The Hall–Kier alpha value is 0.250. The average Bonchev–Trinajstić information content (AvgIpc) is 2.83. The van der Waals surface area contributed by atoms with Crippen LogP contribution in [0, 0.1) is 11.8 Å². The fourth-order valence-electron chi connectivity index (χ4n) is 5.90. The molecule has 2 unspecified atom stereocenters. The Morgan fingerprint density at radius 2 is 0.714 bits per heavy atom. The van der Waals surface area contributed by atoms with Gasteiger partial charge in [0.05, 0.1) is 0 Å². The summed E-state index contributed by atoms with van der Waals surface area (Å²) in [5, 5.41) is 0. The summed E-state index contributed by atoms with van der Waals surface area (Å²) in [4.78, 5) is 0.0110. The van der Waals surface area contributed by atoms with Gasteiger partial charge in [0.2, 0.25) is 0 Å². The molecular formula is C33H70ClN. The quantitative estimate of drug-likeness (QED) is 0.0855. The van der Waals surface area contributed by atoms with Crippen LogP contribution in [-0.4, -0.2) is 4.87 Å². The summed E-state index contributed by atoms with van der Waals surface area (Å²) in [6, 6.07) is 0. The molecule has 0 aromatic heterocycles. The summed E-state index contributed by atoms with van der Waals surface area (Å²) >= 11 is 7.29. The van der Waals surface area contributed by atoms with Gasteiger partial charge in [-0.3, -0.25) is 0 Å². The van der Waals surface area contributed by atoms with Crippen molar-refractivity contribution in [2.75, 3.05) is 0 Å². The van der Waals surface area contributed by atoms with Crippen molar-refractivity contribution in [3.05, 3.63) is 0 Å². The molecule has 0 aromatic carbocycles. The van der Waals surface area contributed by atoms with Crippen LogP contribution in [0.5, 0.6) is 0 Å². The topological polar surface area (TPSA) is 35.0 Å². The predicted octanol–water partition coefficient (Wildman–Crippen LogP) is 13.2. The van der Waals surface area contributed by atoms with Gasteiger partial charge < -0.3 is 6.15 Å². The number of unbranched alkanes of at least 4 members (excludes halogenated alkanes) is 20. The van der Waals surface area contributed by atoms with E-state index in [1.54, 1.807) is 0 Å². The van der Waals surface area contributed by atoms with Crippen molar-refractivity contribution >= 4 is 11.6 Å². The Kier molecular flexibility index (Phi) is 29.2. The summed E-state index contributed by atoms with van der Waals surface area (Å²) in [6.45, 7) is 11.6.